The second-order valence-electron chi connectivity index (χ2n) is 29.3. The van der Waals surface area contributed by atoms with E-state index in [1.54, 1.807) is 41.5 Å². The number of aliphatic hydroxyl groups excluding tert-OH is 2. The van der Waals surface area contributed by atoms with Crippen LogP contribution in [0.2, 0.25) is 0 Å². The lowest BCUT2D eigenvalue weighted by Crippen LogP contribution is -2.64. The number of rotatable bonds is 25. The predicted octanol–water partition coefficient (Wildman–Crippen LogP) is 4.22. The molecule has 0 spiro atoms. The molecule has 1 fully saturated rings. The van der Waals surface area contributed by atoms with E-state index in [0.717, 1.165) is 35.9 Å². The fourth-order valence-electron chi connectivity index (χ4n) is 12.2. The third kappa shape index (κ3) is 27.2. The highest BCUT2D eigenvalue weighted by atomic mass is 32.2. The van der Waals surface area contributed by atoms with Crippen LogP contribution in [-0.2, 0) is 57.5 Å². The number of aliphatic hydroxyl groups is 2. The van der Waals surface area contributed by atoms with Crippen LogP contribution in [0.3, 0.4) is 0 Å². The Labute approximate surface area is 585 Å². The molecule has 27 heteroatoms. The minimum absolute atomic E-state index is 0.0309. The summed E-state index contributed by atoms with van der Waals surface area (Å²) >= 11 is 1.09. The second kappa shape index (κ2) is 42.8. The Hall–Kier alpha value is -6.09. The van der Waals surface area contributed by atoms with Gasteiger partial charge in [-0.2, -0.15) is 0 Å². The minimum atomic E-state index is -1.67. The van der Waals surface area contributed by atoms with Crippen molar-refractivity contribution in [3.8, 4) is 0 Å². The Balaban J connectivity index is 4.51. The molecule has 13 atom stereocenters. The summed E-state index contributed by atoms with van der Waals surface area (Å²) in [6, 6.07) is -12.8. The molecule has 1 aliphatic rings. The Morgan fingerprint density at radius 2 is 0.907 bits per heavy atom. The maximum atomic E-state index is 15.5. The lowest BCUT2D eigenvalue weighted by Gasteiger charge is -2.41. The number of likely N-dealkylation sites (N-methyl/N-ethyl adjacent to an activating group) is 7. The molecule has 0 radical (unpaired) electrons. The van der Waals surface area contributed by atoms with Crippen LogP contribution in [-0.4, -0.2) is 256 Å². The summed E-state index contributed by atoms with van der Waals surface area (Å²) in [5.41, 5.74) is 0. The largest absolute Gasteiger partial charge is 0.396 e. The van der Waals surface area contributed by atoms with Crippen molar-refractivity contribution in [2.24, 2.45) is 41.4 Å². The second-order valence-corrected chi connectivity index (χ2v) is 30.5. The van der Waals surface area contributed by atoms with Crippen molar-refractivity contribution in [2.75, 3.05) is 68.2 Å². The Morgan fingerprint density at radius 1 is 0.464 bits per heavy atom. The van der Waals surface area contributed by atoms with Crippen molar-refractivity contribution >= 4 is 82.6 Å². The molecular weight excluding hydrogens is 1260 g/mol. The smallest absolute Gasteiger partial charge is 0.256 e. The zero-order chi connectivity index (χ0) is 74.8. The molecule has 1 saturated heterocycles. The van der Waals surface area contributed by atoms with E-state index in [4.69, 9.17) is 0 Å². The summed E-state index contributed by atoms with van der Waals surface area (Å²) < 4.78 is 0. The fourth-order valence-corrected chi connectivity index (χ4v) is 13.4. The van der Waals surface area contributed by atoms with Gasteiger partial charge in [0.15, 0.2) is 5.37 Å². The molecule has 0 aromatic rings. The standard InChI is InChI=1S/C70H128N12O14S/c1-25-50-64(91)82(24)70(97-35-31-30-34-83)69(96)77(19)52(37-41(4)5)61(88)75-55(44(10)11)67(94)76(18)51(36-40(2)3)60(87)72-47(15)59(86)73-48(16)63(90)78(20)53(38-42(6)7)65(92)79(21)54(39-43(8)9)66(93)80(22)56(45(12)13)68(95)81(23)57(62(89)74-50)58(85)46(14)32-28-26-27-29-33-71-49(17)84/h40-48,50-58,70,83,85H,25-39H2,1-24H3,(H,71,84)(H,72,87)(H,73,86)(H,74,89)(H,75,88)/t46-,47+,48-,50+,51+,52+,53+,54+,55+,56+,57+,58-,70-/m1/s1. The van der Waals surface area contributed by atoms with Gasteiger partial charge in [-0.25, -0.2) is 0 Å². The van der Waals surface area contributed by atoms with Gasteiger partial charge in [0, 0.05) is 69.4 Å². The van der Waals surface area contributed by atoms with Crippen molar-refractivity contribution in [2.45, 2.75) is 267 Å². The van der Waals surface area contributed by atoms with Crippen molar-refractivity contribution in [1.82, 2.24) is 60.9 Å². The van der Waals surface area contributed by atoms with Crippen molar-refractivity contribution in [3.05, 3.63) is 0 Å². The molecule has 26 nitrogen and oxygen atoms in total. The quantitative estimate of drug-likeness (QED) is 0.0630. The van der Waals surface area contributed by atoms with Gasteiger partial charge in [0.25, 0.3) is 5.91 Å². The van der Waals surface area contributed by atoms with E-state index < -0.39 is 155 Å². The van der Waals surface area contributed by atoms with Gasteiger partial charge in [-0.3, -0.25) is 57.5 Å². The number of thioether (sulfide) groups is 1. The summed E-state index contributed by atoms with van der Waals surface area (Å²) in [6.45, 7) is 29.9. The van der Waals surface area contributed by atoms with E-state index in [9.17, 15) is 39.0 Å². The van der Waals surface area contributed by atoms with E-state index >= 15 is 28.8 Å². The van der Waals surface area contributed by atoms with Gasteiger partial charge >= 0.3 is 0 Å². The van der Waals surface area contributed by atoms with E-state index in [-0.39, 0.29) is 74.0 Å². The zero-order valence-electron chi connectivity index (χ0n) is 63.4. The van der Waals surface area contributed by atoms with Gasteiger partial charge in [0.1, 0.15) is 60.4 Å². The van der Waals surface area contributed by atoms with Gasteiger partial charge in [-0.05, 0) is 119 Å². The van der Waals surface area contributed by atoms with Crippen LogP contribution in [0.4, 0.5) is 0 Å². The lowest BCUT2D eigenvalue weighted by atomic mass is 9.90. The molecule has 97 heavy (non-hydrogen) atoms. The van der Waals surface area contributed by atoms with E-state index in [1.165, 1.54) is 99.5 Å². The number of unbranched alkanes of at least 4 members (excludes halogenated alkanes) is 4. The van der Waals surface area contributed by atoms with Crippen LogP contribution >= 0.6 is 11.8 Å². The highest BCUT2D eigenvalue weighted by molar-refractivity contribution is 8.00. The first-order valence-electron chi connectivity index (χ1n) is 35.3. The first-order valence-corrected chi connectivity index (χ1v) is 36.3. The number of nitrogens with one attached hydrogen (secondary N) is 5. The summed E-state index contributed by atoms with van der Waals surface area (Å²) in [6.07, 6.45) is 2.98. The van der Waals surface area contributed by atoms with Crippen molar-refractivity contribution in [1.29, 1.82) is 0 Å². The topological polar surface area (TPSA) is 328 Å². The van der Waals surface area contributed by atoms with Crippen LogP contribution in [0.5, 0.6) is 0 Å². The molecule has 12 amide bonds. The maximum Gasteiger partial charge on any atom is 0.256 e. The van der Waals surface area contributed by atoms with Crippen LogP contribution in [0.1, 0.15) is 195 Å². The van der Waals surface area contributed by atoms with E-state index in [1.807, 2.05) is 55.4 Å². The van der Waals surface area contributed by atoms with Crippen molar-refractivity contribution in [3.63, 3.8) is 0 Å². The number of amides is 12. The molecule has 1 rings (SSSR count). The van der Waals surface area contributed by atoms with Gasteiger partial charge in [-0.15, -0.1) is 11.8 Å². The summed E-state index contributed by atoms with van der Waals surface area (Å²) in [4.78, 5) is 184. The molecule has 0 aromatic heterocycles. The minimum Gasteiger partial charge on any atom is -0.396 e. The maximum absolute atomic E-state index is 15.5. The molecule has 1 aliphatic heterocycles. The Bertz CT molecular complexity index is 2590. The first-order chi connectivity index (χ1) is 45.0. The molecule has 1 heterocycles. The number of carbonyl (C=O) groups excluding carboxylic acids is 12. The third-order valence-corrected chi connectivity index (χ3v) is 19.6. The molecule has 558 valence electrons. The average molecular weight is 1390 g/mol. The van der Waals surface area contributed by atoms with Crippen molar-refractivity contribution < 1.29 is 67.7 Å². The normalized spacial score (nSPS) is 25.7. The molecule has 0 bridgehead atoms. The van der Waals surface area contributed by atoms with Gasteiger partial charge < -0.3 is 71.1 Å². The molecule has 0 saturated carbocycles. The van der Waals surface area contributed by atoms with Gasteiger partial charge in [-0.1, -0.05) is 116 Å². The number of nitrogens with zero attached hydrogens (tertiary/aromatic N) is 7. The lowest BCUT2D eigenvalue weighted by molar-refractivity contribution is -0.157. The van der Waals surface area contributed by atoms with Crippen LogP contribution in [0.25, 0.3) is 0 Å². The average Bonchev–Trinajstić information content (AvgIpc) is 0.812. The summed E-state index contributed by atoms with van der Waals surface area (Å²) in [7, 11) is 9.95. The molecule has 7 N–H and O–H groups in total. The van der Waals surface area contributed by atoms with E-state index in [2.05, 4.69) is 26.6 Å². The third-order valence-electron chi connectivity index (χ3n) is 18.2. The van der Waals surface area contributed by atoms with Gasteiger partial charge in [0.05, 0.1) is 6.10 Å². The molecular formula is C70H128N12O14S. The Kier molecular flexibility index (Phi) is 39.2. The van der Waals surface area contributed by atoms with Crippen LogP contribution in [0, 0.1) is 41.4 Å². The monoisotopic (exact) mass is 1390 g/mol. The molecule has 0 unspecified atom stereocenters. The van der Waals surface area contributed by atoms with Gasteiger partial charge in [0.2, 0.25) is 65.0 Å². The summed E-state index contributed by atoms with van der Waals surface area (Å²) in [5, 5.41) is 34.8. The SMILES string of the molecule is CC[C@@H]1NC(=O)[C@H]([C@H](O)[C@H](C)CCCCCCNC(C)=O)N(C)C(=O)[C@H](C(C)C)N(C)C(=O)[C@H](CC(C)C)N(C)C(=O)[C@H](CC(C)C)N(C)C(=O)[C@@H](C)NC(=O)[C@H](C)NC(=O)[C@H](CC(C)C)N(C)C(=O)[C@H](C(C)C)NC(=O)[C@H](CC(C)C)N(C)C(=O)[C@@H](SCCCCO)N(C)C1=O. The van der Waals surface area contributed by atoms with E-state index in [0.29, 0.717) is 32.2 Å². The highest BCUT2D eigenvalue weighted by Gasteiger charge is 2.46. The first kappa shape index (κ1) is 88.9. The zero-order valence-corrected chi connectivity index (χ0v) is 64.2. The number of carbonyl (C=O) groups is 12. The number of hydrogen-bond acceptors (Lipinski definition) is 15. The Morgan fingerprint density at radius 3 is 1.38 bits per heavy atom. The molecule has 0 aromatic carbocycles. The van der Waals surface area contributed by atoms with Crippen LogP contribution in [0.15, 0.2) is 0 Å². The molecule has 0 aliphatic carbocycles. The fraction of sp³-hybridized carbons (Fsp3) is 0.829. The predicted molar refractivity (Wildman–Crippen MR) is 378 cm³/mol. The number of hydrogen-bond donors (Lipinski definition) is 7. The van der Waals surface area contributed by atoms with Crippen LogP contribution < -0.4 is 26.6 Å². The summed E-state index contributed by atoms with van der Waals surface area (Å²) in [5.74, 6) is -10.0. The highest BCUT2D eigenvalue weighted by Crippen LogP contribution is 2.28.